The summed E-state index contributed by atoms with van der Waals surface area (Å²) in [5.74, 6) is 0.261. The molecule has 29 heavy (non-hydrogen) atoms. The molecule has 0 spiro atoms. The van der Waals surface area contributed by atoms with Gasteiger partial charge >= 0.3 is 0 Å². The van der Waals surface area contributed by atoms with Gasteiger partial charge in [0, 0.05) is 24.6 Å². The predicted molar refractivity (Wildman–Crippen MR) is 112 cm³/mol. The summed E-state index contributed by atoms with van der Waals surface area (Å²) in [7, 11) is 0. The number of nitrogens with one attached hydrogen (secondary N) is 2. The molecule has 1 heterocycles. The number of nitrogens with zero attached hydrogens (tertiary/aromatic N) is 1. The van der Waals surface area contributed by atoms with Crippen LogP contribution < -0.4 is 15.4 Å². The molecule has 0 aliphatic carbocycles. The summed E-state index contributed by atoms with van der Waals surface area (Å²) < 4.78 is 5.62. The van der Waals surface area contributed by atoms with E-state index in [1.165, 1.54) is 6.20 Å². The van der Waals surface area contributed by atoms with Gasteiger partial charge in [-0.25, -0.2) is 0 Å². The van der Waals surface area contributed by atoms with E-state index < -0.39 is 0 Å². The lowest BCUT2D eigenvalue weighted by atomic mass is 10.1. The molecule has 0 bridgehead atoms. The summed E-state index contributed by atoms with van der Waals surface area (Å²) in [6.45, 7) is 4.25. The highest BCUT2D eigenvalue weighted by Gasteiger charge is 2.08. The number of carbonyl (C=O) groups excluding carboxylic acids is 2. The minimum Gasteiger partial charge on any atom is -0.483 e. The molecule has 3 aromatic rings. The molecule has 0 aliphatic rings. The van der Waals surface area contributed by atoms with E-state index >= 15 is 0 Å². The van der Waals surface area contributed by atoms with Crippen LogP contribution in [-0.4, -0.2) is 23.4 Å². The Labute approximate surface area is 169 Å². The van der Waals surface area contributed by atoms with E-state index in [4.69, 9.17) is 4.74 Å². The fourth-order valence-electron chi connectivity index (χ4n) is 2.73. The molecule has 0 saturated carbocycles. The van der Waals surface area contributed by atoms with Gasteiger partial charge in [0.2, 0.25) is 0 Å². The number of carbonyl (C=O) groups is 2. The van der Waals surface area contributed by atoms with Crippen LogP contribution in [0.4, 0.5) is 5.69 Å². The van der Waals surface area contributed by atoms with Gasteiger partial charge in [-0.1, -0.05) is 24.3 Å². The molecular weight excluding hydrogens is 366 g/mol. The number of benzene rings is 2. The molecule has 6 nitrogen and oxygen atoms in total. The molecule has 1 aromatic heterocycles. The van der Waals surface area contributed by atoms with Crippen LogP contribution in [0, 0.1) is 13.8 Å². The lowest BCUT2D eigenvalue weighted by Crippen LogP contribution is -2.28. The van der Waals surface area contributed by atoms with E-state index in [2.05, 4.69) is 15.6 Å². The first-order valence-corrected chi connectivity index (χ1v) is 9.29. The van der Waals surface area contributed by atoms with E-state index in [0.717, 1.165) is 16.7 Å². The Morgan fingerprint density at radius 3 is 2.66 bits per heavy atom. The van der Waals surface area contributed by atoms with Crippen molar-refractivity contribution in [2.45, 2.75) is 20.4 Å². The predicted octanol–water partition coefficient (Wildman–Crippen LogP) is 3.65. The SMILES string of the molecule is Cc1cccc(OCC(=O)NCc2cccc(NC(=O)c3cccnc3)c2)c1C. The number of rotatable bonds is 7. The molecule has 0 radical (unpaired) electrons. The van der Waals surface area contributed by atoms with Crippen LogP contribution in [0.2, 0.25) is 0 Å². The van der Waals surface area contributed by atoms with Crippen molar-refractivity contribution in [3.8, 4) is 5.75 Å². The maximum absolute atomic E-state index is 12.2. The van der Waals surface area contributed by atoms with Crippen molar-refractivity contribution in [2.24, 2.45) is 0 Å². The van der Waals surface area contributed by atoms with Gasteiger partial charge in [-0.15, -0.1) is 0 Å². The molecule has 2 N–H and O–H groups in total. The van der Waals surface area contributed by atoms with Crippen molar-refractivity contribution in [3.63, 3.8) is 0 Å². The van der Waals surface area contributed by atoms with E-state index in [1.54, 1.807) is 24.4 Å². The molecule has 0 aliphatic heterocycles. The monoisotopic (exact) mass is 389 g/mol. The normalized spacial score (nSPS) is 10.3. The fourth-order valence-corrected chi connectivity index (χ4v) is 2.73. The number of ether oxygens (including phenoxy) is 1. The van der Waals surface area contributed by atoms with Crippen molar-refractivity contribution >= 4 is 17.5 Å². The number of pyridine rings is 1. The summed E-state index contributed by atoms with van der Waals surface area (Å²) in [5.41, 5.74) is 4.14. The van der Waals surface area contributed by atoms with Crippen LogP contribution in [0.5, 0.6) is 5.75 Å². The molecule has 0 saturated heterocycles. The maximum atomic E-state index is 12.2. The third-order valence-electron chi connectivity index (χ3n) is 4.51. The number of aryl methyl sites for hydroxylation is 1. The van der Waals surface area contributed by atoms with E-state index in [9.17, 15) is 9.59 Å². The van der Waals surface area contributed by atoms with Gasteiger partial charge < -0.3 is 15.4 Å². The first kappa shape index (κ1) is 20.1. The summed E-state index contributed by atoms with van der Waals surface area (Å²) in [5, 5.41) is 5.66. The molecular formula is C23H23N3O3. The van der Waals surface area contributed by atoms with E-state index in [0.29, 0.717) is 23.5 Å². The fraction of sp³-hybridized carbons (Fsp3) is 0.174. The second-order valence-electron chi connectivity index (χ2n) is 6.66. The number of aromatic nitrogens is 1. The maximum Gasteiger partial charge on any atom is 0.258 e. The van der Waals surface area contributed by atoms with Crippen molar-refractivity contribution in [1.82, 2.24) is 10.3 Å². The average Bonchev–Trinajstić information content (AvgIpc) is 2.74. The number of hydrogen-bond acceptors (Lipinski definition) is 4. The van der Waals surface area contributed by atoms with Gasteiger partial charge in [0.1, 0.15) is 5.75 Å². The zero-order valence-electron chi connectivity index (χ0n) is 16.4. The van der Waals surface area contributed by atoms with Crippen LogP contribution in [0.25, 0.3) is 0 Å². The summed E-state index contributed by atoms with van der Waals surface area (Å²) >= 11 is 0. The molecule has 6 heteroatoms. The topological polar surface area (TPSA) is 80.3 Å². The molecule has 0 fully saturated rings. The largest absolute Gasteiger partial charge is 0.483 e. The Bertz CT molecular complexity index is 1000. The standard InChI is InChI=1S/C23H23N3O3/c1-16-6-3-10-21(17(16)2)29-15-22(27)25-13-18-7-4-9-20(12-18)26-23(28)19-8-5-11-24-14-19/h3-12,14H,13,15H2,1-2H3,(H,25,27)(H,26,28). The third kappa shape index (κ3) is 5.65. The Kier molecular flexibility index (Phi) is 6.58. The van der Waals surface area contributed by atoms with E-state index in [-0.39, 0.29) is 18.4 Å². The second kappa shape index (κ2) is 9.50. The smallest absolute Gasteiger partial charge is 0.258 e. The summed E-state index contributed by atoms with van der Waals surface area (Å²) in [6, 6.07) is 16.5. The van der Waals surface area contributed by atoms with Gasteiger partial charge in [-0.05, 0) is 60.9 Å². The van der Waals surface area contributed by atoms with Crippen LogP contribution in [0.1, 0.15) is 27.0 Å². The Morgan fingerprint density at radius 1 is 1.03 bits per heavy atom. The van der Waals surface area contributed by atoms with Crippen molar-refractivity contribution in [1.29, 1.82) is 0 Å². The zero-order valence-corrected chi connectivity index (χ0v) is 16.4. The average molecular weight is 389 g/mol. The highest BCUT2D eigenvalue weighted by atomic mass is 16.5. The Balaban J connectivity index is 1.51. The minimum absolute atomic E-state index is 0.0538. The van der Waals surface area contributed by atoms with Crippen LogP contribution >= 0.6 is 0 Å². The number of anilines is 1. The summed E-state index contributed by atoms with van der Waals surface area (Å²) in [4.78, 5) is 28.3. The molecule has 2 aromatic carbocycles. The first-order chi connectivity index (χ1) is 14.0. The van der Waals surface area contributed by atoms with Crippen LogP contribution in [0.15, 0.2) is 67.0 Å². The van der Waals surface area contributed by atoms with Gasteiger partial charge in [0.15, 0.2) is 6.61 Å². The minimum atomic E-state index is -0.235. The molecule has 0 atom stereocenters. The third-order valence-corrected chi connectivity index (χ3v) is 4.51. The van der Waals surface area contributed by atoms with Gasteiger partial charge in [-0.3, -0.25) is 14.6 Å². The number of amides is 2. The van der Waals surface area contributed by atoms with Gasteiger partial charge in [0.25, 0.3) is 11.8 Å². The highest BCUT2D eigenvalue weighted by Crippen LogP contribution is 2.20. The second-order valence-corrected chi connectivity index (χ2v) is 6.66. The van der Waals surface area contributed by atoms with Crippen LogP contribution in [-0.2, 0) is 11.3 Å². The van der Waals surface area contributed by atoms with Crippen LogP contribution in [0.3, 0.4) is 0 Å². The van der Waals surface area contributed by atoms with Crippen molar-refractivity contribution in [3.05, 3.63) is 89.2 Å². The Hall–Kier alpha value is -3.67. The van der Waals surface area contributed by atoms with Crippen molar-refractivity contribution in [2.75, 3.05) is 11.9 Å². The highest BCUT2D eigenvalue weighted by molar-refractivity contribution is 6.04. The molecule has 3 rings (SSSR count). The molecule has 2 amide bonds. The molecule has 148 valence electrons. The molecule has 0 unspecified atom stereocenters. The summed E-state index contributed by atoms with van der Waals surface area (Å²) in [6.07, 6.45) is 3.12. The zero-order chi connectivity index (χ0) is 20.6. The van der Waals surface area contributed by atoms with Gasteiger partial charge in [-0.2, -0.15) is 0 Å². The lowest BCUT2D eigenvalue weighted by molar-refractivity contribution is -0.123. The lowest BCUT2D eigenvalue weighted by Gasteiger charge is -2.11. The Morgan fingerprint density at radius 2 is 1.86 bits per heavy atom. The van der Waals surface area contributed by atoms with Crippen molar-refractivity contribution < 1.29 is 14.3 Å². The van der Waals surface area contributed by atoms with Gasteiger partial charge in [0.05, 0.1) is 5.56 Å². The van der Waals surface area contributed by atoms with E-state index in [1.807, 2.05) is 50.2 Å². The number of hydrogen-bond donors (Lipinski definition) is 2. The quantitative estimate of drug-likeness (QED) is 0.646. The first-order valence-electron chi connectivity index (χ1n) is 9.29.